The molecule has 0 radical (unpaired) electrons. The number of nitrogens with one attached hydrogen (secondary N) is 1. The Morgan fingerprint density at radius 3 is 2.58 bits per heavy atom. The van der Waals surface area contributed by atoms with Gasteiger partial charge < -0.3 is 24.6 Å². The fourth-order valence-electron chi connectivity index (χ4n) is 5.97. The predicted molar refractivity (Wildman–Crippen MR) is 143 cm³/mol. The van der Waals surface area contributed by atoms with Crippen molar-refractivity contribution in [3.63, 3.8) is 0 Å². The topological polar surface area (TPSA) is 120 Å². The van der Waals surface area contributed by atoms with Gasteiger partial charge in [0, 0.05) is 37.8 Å². The minimum atomic E-state index is -0.424. The van der Waals surface area contributed by atoms with Crippen molar-refractivity contribution < 1.29 is 19.4 Å². The molecule has 0 atom stereocenters. The molecular weight excluding hydrogens is 482 g/mol. The molecule has 2 N–H and O–H groups in total. The van der Waals surface area contributed by atoms with Crippen molar-refractivity contribution in [1.29, 1.82) is 5.26 Å². The summed E-state index contributed by atoms with van der Waals surface area (Å²) in [7, 11) is 3.52. The molecule has 1 aromatic carbocycles. The van der Waals surface area contributed by atoms with Gasteiger partial charge in [0.05, 0.1) is 36.9 Å². The van der Waals surface area contributed by atoms with Crippen molar-refractivity contribution >= 4 is 28.5 Å². The summed E-state index contributed by atoms with van der Waals surface area (Å²) in [4.78, 5) is 32.7. The van der Waals surface area contributed by atoms with Gasteiger partial charge in [-0.05, 0) is 60.9 Å². The van der Waals surface area contributed by atoms with E-state index >= 15 is 0 Å². The number of ether oxygens (including phenoxy) is 1. The minimum Gasteiger partial charge on any atom is -0.494 e. The van der Waals surface area contributed by atoms with Gasteiger partial charge in [0.1, 0.15) is 11.3 Å². The van der Waals surface area contributed by atoms with Gasteiger partial charge in [-0.1, -0.05) is 12.8 Å². The number of aryl methyl sites for hydroxylation is 1. The van der Waals surface area contributed by atoms with E-state index in [0.29, 0.717) is 28.5 Å². The van der Waals surface area contributed by atoms with Crippen LogP contribution in [0.2, 0.25) is 0 Å². The number of fused-ring (bicyclic) bond motifs is 1. The molecular formula is C29H33N5O4. The first-order chi connectivity index (χ1) is 18.4. The summed E-state index contributed by atoms with van der Waals surface area (Å²) in [6.45, 7) is 1.21. The number of hydrogen-bond donors (Lipinski definition) is 2. The van der Waals surface area contributed by atoms with Gasteiger partial charge in [-0.2, -0.15) is 5.26 Å². The number of amides is 2. The van der Waals surface area contributed by atoms with Crippen LogP contribution in [-0.4, -0.2) is 51.6 Å². The number of carbonyl (C=O) groups excluding carboxylic acids is 2. The second-order valence-electron chi connectivity index (χ2n) is 10.3. The van der Waals surface area contributed by atoms with E-state index < -0.39 is 5.91 Å². The summed E-state index contributed by atoms with van der Waals surface area (Å²) >= 11 is 0. The number of nitrogens with zero attached hydrogens (tertiary/aromatic N) is 4. The number of rotatable bonds is 6. The molecule has 9 nitrogen and oxygen atoms in total. The summed E-state index contributed by atoms with van der Waals surface area (Å²) in [5.74, 6) is 0.858. The van der Waals surface area contributed by atoms with Crippen LogP contribution in [0.25, 0.3) is 11.0 Å². The standard InChI is InChI=1S/C29H33N5O4/c1-33-16-23(20-7-9-34(10-8-20)29(37)21-5-3-4-6-21)25-26(38-2)24(15-31-27(25)33)32-28(36)22-12-18(14-30)11-19(13-22)17-35/h11-13,15-16,20-21,35H,3-10,17H2,1-2H3,(H,32,36). The largest absolute Gasteiger partial charge is 0.494 e. The Labute approximate surface area is 222 Å². The maximum absolute atomic E-state index is 13.1. The van der Waals surface area contributed by atoms with Crippen LogP contribution in [0.5, 0.6) is 5.75 Å². The monoisotopic (exact) mass is 515 g/mol. The number of aliphatic hydroxyl groups excluding tert-OH is 1. The lowest BCUT2D eigenvalue weighted by Gasteiger charge is -2.33. The van der Waals surface area contributed by atoms with E-state index in [-0.39, 0.29) is 24.0 Å². The molecule has 5 rings (SSSR count). The fraction of sp³-hybridized carbons (Fsp3) is 0.448. The maximum Gasteiger partial charge on any atom is 0.255 e. The molecule has 2 aromatic heterocycles. The van der Waals surface area contributed by atoms with E-state index in [0.717, 1.165) is 68.2 Å². The van der Waals surface area contributed by atoms with Crippen LogP contribution in [-0.2, 0) is 18.4 Å². The zero-order valence-electron chi connectivity index (χ0n) is 21.9. The van der Waals surface area contributed by atoms with Crippen molar-refractivity contribution in [2.45, 2.75) is 51.0 Å². The van der Waals surface area contributed by atoms with Crippen molar-refractivity contribution in [1.82, 2.24) is 14.5 Å². The van der Waals surface area contributed by atoms with Crippen molar-refractivity contribution in [3.8, 4) is 11.8 Å². The molecule has 0 unspecified atom stereocenters. The highest BCUT2D eigenvalue weighted by atomic mass is 16.5. The first kappa shape index (κ1) is 25.7. The first-order valence-electron chi connectivity index (χ1n) is 13.2. The predicted octanol–water partition coefficient (Wildman–Crippen LogP) is 4.09. The van der Waals surface area contributed by atoms with Gasteiger partial charge in [0.25, 0.3) is 5.91 Å². The number of likely N-dealkylation sites (tertiary alicyclic amines) is 1. The van der Waals surface area contributed by atoms with Gasteiger partial charge >= 0.3 is 0 Å². The Morgan fingerprint density at radius 2 is 1.92 bits per heavy atom. The molecule has 2 aliphatic rings. The van der Waals surface area contributed by atoms with Gasteiger partial charge in [-0.15, -0.1) is 0 Å². The van der Waals surface area contributed by atoms with Gasteiger partial charge in [-0.25, -0.2) is 4.98 Å². The molecule has 1 aliphatic heterocycles. The molecule has 2 fully saturated rings. The minimum absolute atomic E-state index is 0.196. The van der Waals surface area contributed by atoms with E-state index in [9.17, 15) is 20.0 Å². The average molecular weight is 516 g/mol. The number of aliphatic hydroxyl groups is 1. The van der Waals surface area contributed by atoms with Crippen LogP contribution in [0, 0.1) is 17.2 Å². The normalized spacial score (nSPS) is 16.5. The SMILES string of the molecule is COc1c(NC(=O)c2cc(C#N)cc(CO)c2)cnc2c1c(C1CCN(C(=O)C3CCCC3)CC1)cn2C. The number of anilines is 1. The lowest BCUT2D eigenvalue weighted by Crippen LogP contribution is -2.40. The van der Waals surface area contributed by atoms with Crippen LogP contribution >= 0.6 is 0 Å². The molecule has 1 saturated heterocycles. The van der Waals surface area contributed by atoms with Crippen LogP contribution in [0.1, 0.15) is 71.5 Å². The van der Waals surface area contributed by atoms with E-state index in [4.69, 9.17) is 4.74 Å². The summed E-state index contributed by atoms with van der Waals surface area (Å²) in [6, 6.07) is 6.62. The second-order valence-corrected chi connectivity index (χ2v) is 10.3. The molecule has 3 heterocycles. The number of benzene rings is 1. The Hall–Kier alpha value is -3.90. The Balaban J connectivity index is 1.41. The van der Waals surface area contributed by atoms with Crippen molar-refractivity contribution in [2.75, 3.05) is 25.5 Å². The maximum atomic E-state index is 13.1. The smallest absolute Gasteiger partial charge is 0.255 e. The number of methoxy groups -OCH3 is 1. The number of piperidine rings is 1. The zero-order valence-corrected chi connectivity index (χ0v) is 21.9. The first-order valence-corrected chi connectivity index (χ1v) is 13.2. The number of pyridine rings is 1. The Kier molecular flexibility index (Phi) is 7.34. The van der Waals surface area contributed by atoms with Gasteiger partial charge in [0.2, 0.25) is 5.91 Å². The molecule has 1 aliphatic carbocycles. The summed E-state index contributed by atoms with van der Waals surface area (Å²) in [5, 5.41) is 22.6. The third kappa shape index (κ3) is 4.84. The number of carbonyl (C=O) groups is 2. The van der Waals surface area contributed by atoms with E-state index in [1.165, 1.54) is 6.07 Å². The average Bonchev–Trinajstić information content (AvgIpc) is 3.61. The zero-order chi connectivity index (χ0) is 26.8. The van der Waals surface area contributed by atoms with Gasteiger partial charge in [0.15, 0.2) is 5.75 Å². The quantitative estimate of drug-likeness (QED) is 0.510. The molecule has 198 valence electrons. The third-order valence-electron chi connectivity index (χ3n) is 7.94. The van der Waals surface area contributed by atoms with Crippen LogP contribution < -0.4 is 10.1 Å². The second kappa shape index (κ2) is 10.8. The van der Waals surface area contributed by atoms with Crippen LogP contribution in [0.3, 0.4) is 0 Å². The summed E-state index contributed by atoms with van der Waals surface area (Å²) in [5.41, 5.74) is 3.34. The lowest BCUT2D eigenvalue weighted by atomic mass is 9.88. The summed E-state index contributed by atoms with van der Waals surface area (Å²) in [6.07, 6.45) is 9.72. The highest BCUT2D eigenvalue weighted by molar-refractivity contribution is 6.07. The molecule has 3 aromatic rings. The highest BCUT2D eigenvalue weighted by Gasteiger charge is 2.32. The lowest BCUT2D eigenvalue weighted by molar-refractivity contribution is -0.136. The van der Waals surface area contributed by atoms with E-state index in [1.54, 1.807) is 25.4 Å². The Morgan fingerprint density at radius 1 is 1.18 bits per heavy atom. The van der Waals surface area contributed by atoms with E-state index in [2.05, 4.69) is 16.5 Å². The third-order valence-corrected chi connectivity index (χ3v) is 7.94. The molecule has 1 saturated carbocycles. The van der Waals surface area contributed by atoms with Crippen molar-refractivity contribution in [2.24, 2.45) is 13.0 Å². The number of hydrogen-bond acceptors (Lipinski definition) is 6. The van der Waals surface area contributed by atoms with Gasteiger partial charge in [-0.3, -0.25) is 9.59 Å². The molecule has 0 bridgehead atoms. The fourth-order valence-corrected chi connectivity index (χ4v) is 5.97. The molecule has 38 heavy (non-hydrogen) atoms. The van der Waals surface area contributed by atoms with Crippen molar-refractivity contribution in [3.05, 3.63) is 52.8 Å². The summed E-state index contributed by atoms with van der Waals surface area (Å²) < 4.78 is 7.80. The van der Waals surface area contributed by atoms with Crippen LogP contribution in [0.15, 0.2) is 30.6 Å². The Bertz CT molecular complexity index is 1410. The molecule has 0 spiro atoms. The number of aromatic nitrogens is 2. The highest BCUT2D eigenvalue weighted by Crippen LogP contribution is 2.41. The van der Waals surface area contributed by atoms with Crippen LogP contribution in [0.4, 0.5) is 5.69 Å². The van der Waals surface area contributed by atoms with E-state index in [1.807, 2.05) is 22.6 Å². The molecule has 9 heteroatoms. The molecule has 2 amide bonds. The number of nitriles is 1.